The molecule has 0 aliphatic heterocycles. The monoisotopic (exact) mass is 164 g/mol. The first-order valence-electron chi connectivity index (χ1n) is 4.13. The Morgan fingerprint density at radius 2 is 2.42 bits per heavy atom. The minimum Gasteiger partial charge on any atom is -0.496 e. The van der Waals surface area contributed by atoms with Crippen LogP contribution in [0, 0.1) is 0 Å². The zero-order valence-electron chi connectivity index (χ0n) is 7.08. The van der Waals surface area contributed by atoms with Crippen molar-refractivity contribution in [2.24, 2.45) is 0 Å². The Balaban J connectivity index is 2.40. The van der Waals surface area contributed by atoms with Crippen molar-refractivity contribution in [1.82, 2.24) is 0 Å². The summed E-state index contributed by atoms with van der Waals surface area (Å²) < 4.78 is 5.20. The molecule has 0 spiro atoms. The third-order valence-electron chi connectivity index (χ3n) is 2.47. The first-order valence-corrected chi connectivity index (χ1v) is 4.13. The van der Waals surface area contributed by atoms with Crippen molar-refractivity contribution in [3.63, 3.8) is 0 Å². The van der Waals surface area contributed by atoms with Gasteiger partial charge >= 0.3 is 0 Å². The van der Waals surface area contributed by atoms with Gasteiger partial charge < -0.3 is 9.84 Å². The van der Waals surface area contributed by atoms with Crippen LogP contribution in [0.3, 0.4) is 0 Å². The van der Waals surface area contributed by atoms with E-state index in [1.54, 1.807) is 7.11 Å². The second-order valence-electron chi connectivity index (χ2n) is 3.12. The molecule has 1 aromatic rings. The van der Waals surface area contributed by atoms with Crippen molar-refractivity contribution in [3.8, 4) is 5.75 Å². The molecule has 2 heteroatoms. The van der Waals surface area contributed by atoms with E-state index < -0.39 is 0 Å². The third-order valence-corrected chi connectivity index (χ3v) is 2.47. The topological polar surface area (TPSA) is 29.5 Å². The second kappa shape index (κ2) is 2.79. The Bertz CT molecular complexity index is 294. The minimum atomic E-state index is 0.230. The highest BCUT2D eigenvalue weighted by Crippen LogP contribution is 2.40. The summed E-state index contributed by atoms with van der Waals surface area (Å²) in [5.41, 5.74) is 2.51. The predicted molar refractivity (Wildman–Crippen MR) is 46.5 cm³/mol. The van der Waals surface area contributed by atoms with Crippen LogP contribution < -0.4 is 4.74 Å². The summed E-state index contributed by atoms with van der Waals surface area (Å²) in [7, 11) is 1.67. The van der Waals surface area contributed by atoms with Gasteiger partial charge in [-0.15, -0.1) is 0 Å². The van der Waals surface area contributed by atoms with E-state index in [-0.39, 0.29) is 6.61 Å². The highest BCUT2D eigenvalue weighted by Gasteiger charge is 2.28. The fraction of sp³-hybridized carbons (Fsp3) is 0.400. The fourth-order valence-corrected chi connectivity index (χ4v) is 1.80. The first kappa shape index (κ1) is 7.62. The normalized spacial score (nSPS) is 19.7. The average Bonchev–Trinajstić information content (AvgIpc) is 2.07. The Labute approximate surface area is 71.8 Å². The smallest absolute Gasteiger partial charge is 0.122 e. The van der Waals surface area contributed by atoms with Gasteiger partial charge in [0.05, 0.1) is 13.7 Å². The molecular weight excluding hydrogens is 152 g/mol. The maximum Gasteiger partial charge on any atom is 0.122 e. The van der Waals surface area contributed by atoms with E-state index in [4.69, 9.17) is 9.84 Å². The molecule has 1 aliphatic rings. The number of aliphatic hydroxyl groups is 1. The molecule has 1 aliphatic carbocycles. The lowest BCUT2D eigenvalue weighted by atomic mass is 9.77. The Kier molecular flexibility index (Phi) is 1.77. The van der Waals surface area contributed by atoms with Gasteiger partial charge in [-0.2, -0.15) is 0 Å². The molecule has 64 valence electrons. The van der Waals surface area contributed by atoms with Gasteiger partial charge in [0.2, 0.25) is 0 Å². The lowest BCUT2D eigenvalue weighted by molar-refractivity contribution is 0.248. The van der Waals surface area contributed by atoms with Crippen LogP contribution in [0.15, 0.2) is 18.2 Å². The molecule has 0 radical (unpaired) electrons. The Morgan fingerprint density at radius 1 is 1.58 bits per heavy atom. The molecule has 12 heavy (non-hydrogen) atoms. The van der Waals surface area contributed by atoms with Crippen LogP contribution in [0.4, 0.5) is 0 Å². The van der Waals surface area contributed by atoms with E-state index in [0.29, 0.717) is 5.92 Å². The number of benzene rings is 1. The Morgan fingerprint density at radius 3 is 3.08 bits per heavy atom. The molecular formula is C10H12O2. The van der Waals surface area contributed by atoms with Crippen molar-refractivity contribution in [2.75, 3.05) is 13.7 Å². The summed E-state index contributed by atoms with van der Waals surface area (Å²) in [5, 5.41) is 9.00. The van der Waals surface area contributed by atoms with Crippen molar-refractivity contribution in [1.29, 1.82) is 0 Å². The molecule has 1 atom stereocenters. The molecule has 0 saturated carbocycles. The summed E-state index contributed by atoms with van der Waals surface area (Å²) in [5.74, 6) is 1.22. The zero-order chi connectivity index (χ0) is 8.55. The third kappa shape index (κ3) is 0.916. The highest BCUT2D eigenvalue weighted by molar-refractivity contribution is 5.49. The van der Waals surface area contributed by atoms with Gasteiger partial charge in [-0.3, -0.25) is 0 Å². The van der Waals surface area contributed by atoms with Crippen molar-refractivity contribution in [2.45, 2.75) is 12.3 Å². The quantitative estimate of drug-likeness (QED) is 0.714. The second-order valence-corrected chi connectivity index (χ2v) is 3.12. The standard InChI is InChI=1S/C10H12O2/c1-12-9-4-2-3-7-5-8(6-11)10(7)9/h2-4,8,11H,5-6H2,1H3. The molecule has 2 rings (SSSR count). The fourth-order valence-electron chi connectivity index (χ4n) is 1.80. The van der Waals surface area contributed by atoms with Crippen molar-refractivity contribution < 1.29 is 9.84 Å². The molecule has 0 heterocycles. The van der Waals surface area contributed by atoms with E-state index in [9.17, 15) is 0 Å². The molecule has 1 aromatic carbocycles. The number of hydrogen-bond acceptors (Lipinski definition) is 2. The van der Waals surface area contributed by atoms with Crippen LogP contribution in [0.25, 0.3) is 0 Å². The Hall–Kier alpha value is -1.02. The van der Waals surface area contributed by atoms with Crippen LogP contribution in [0.5, 0.6) is 5.75 Å². The molecule has 0 fully saturated rings. The first-order chi connectivity index (χ1) is 5.86. The number of hydrogen-bond donors (Lipinski definition) is 1. The van der Waals surface area contributed by atoms with Crippen LogP contribution in [-0.2, 0) is 6.42 Å². The van der Waals surface area contributed by atoms with Gasteiger partial charge in [0, 0.05) is 11.5 Å². The van der Waals surface area contributed by atoms with Gasteiger partial charge in [-0.25, -0.2) is 0 Å². The van der Waals surface area contributed by atoms with Crippen LogP contribution >= 0.6 is 0 Å². The van der Waals surface area contributed by atoms with Gasteiger partial charge in [0.25, 0.3) is 0 Å². The van der Waals surface area contributed by atoms with E-state index >= 15 is 0 Å². The maximum atomic E-state index is 9.00. The molecule has 0 bridgehead atoms. The molecule has 1 N–H and O–H groups in total. The van der Waals surface area contributed by atoms with E-state index in [1.807, 2.05) is 12.1 Å². The van der Waals surface area contributed by atoms with Crippen LogP contribution in [0.1, 0.15) is 17.0 Å². The summed E-state index contributed by atoms with van der Waals surface area (Å²) in [4.78, 5) is 0. The molecule has 0 aromatic heterocycles. The summed E-state index contributed by atoms with van der Waals surface area (Å²) in [6.45, 7) is 0.230. The van der Waals surface area contributed by atoms with Gasteiger partial charge in [-0.05, 0) is 18.1 Å². The predicted octanol–water partition coefficient (Wildman–Crippen LogP) is 1.33. The summed E-state index contributed by atoms with van der Waals surface area (Å²) in [6.07, 6.45) is 0.989. The number of ether oxygens (including phenoxy) is 1. The van der Waals surface area contributed by atoms with Gasteiger partial charge in [0.15, 0.2) is 0 Å². The minimum absolute atomic E-state index is 0.230. The van der Waals surface area contributed by atoms with Crippen molar-refractivity contribution >= 4 is 0 Å². The van der Waals surface area contributed by atoms with E-state index in [2.05, 4.69) is 6.07 Å². The number of fused-ring (bicyclic) bond motifs is 1. The maximum absolute atomic E-state index is 9.00. The van der Waals surface area contributed by atoms with Crippen molar-refractivity contribution in [3.05, 3.63) is 29.3 Å². The zero-order valence-corrected chi connectivity index (χ0v) is 7.08. The lowest BCUT2D eigenvalue weighted by Gasteiger charge is -2.30. The number of aliphatic hydroxyl groups excluding tert-OH is 1. The van der Waals surface area contributed by atoms with Gasteiger partial charge in [-0.1, -0.05) is 12.1 Å². The summed E-state index contributed by atoms with van der Waals surface area (Å²) in [6, 6.07) is 6.02. The molecule has 1 unspecified atom stereocenters. The van der Waals surface area contributed by atoms with E-state index in [1.165, 1.54) is 11.1 Å². The molecule has 0 amide bonds. The molecule has 2 nitrogen and oxygen atoms in total. The lowest BCUT2D eigenvalue weighted by Crippen LogP contribution is -2.21. The van der Waals surface area contributed by atoms with Gasteiger partial charge in [0.1, 0.15) is 5.75 Å². The van der Waals surface area contributed by atoms with Crippen LogP contribution in [-0.4, -0.2) is 18.8 Å². The SMILES string of the molecule is COc1cccc2c1C(CO)C2. The number of methoxy groups -OCH3 is 1. The molecule has 0 saturated heterocycles. The summed E-state index contributed by atoms with van der Waals surface area (Å²) >= 11 is 0. The highest BCUT2D eigenvalue weighted by atomic mass is 16.5. The largest absolute Gasteiger partial charge is 0.496 e. The number of rotatable bonds is 2. The van der Waals surface area contributed by atoms with Crippen LogP contribution in [0.2, 0.25) is 0 Å². The average molecular weight is 164 g/mol. The van der Waals surface area contributed by atoms with E-state index in [0.717, 1.165) is 12.2 Å².